The molecule has 1 aromatic carbocycles. The van der Waals surface area contributed by atoms with Crippen molar-refractivity contribution in [2.75, 3.05) is 32.8 Å². The number of amides is 1. The first-order valence-corrected chi connectivity index (χ1v) is 7.86. The van der Waals surface area contributed by atoms with Crippen LogP contribution in [-0.2, 0) is 4.74 Å². The van der Waals surface area contributed by atoms with Crippen molar-refractivity contribution in [3.63, 3.8) is 0 Å². The van der Waals surface area contributed by atoms with Gasteiger partial charge in [-0.15, -0.1) is 0 Å². The first-order valence-electron chi connectivity index (χ1n) is 7.86. The Morgan fingerprint density at radius 3 is 2.78 bits per heavy atom. The van der Waals surface area contributed by atoms with Gasteiger partial charge in [-0.25, -0.2) is 0 Å². The average Bonchev–Trinajstić information content (AvgIpc) is 3.11. The number of carbonyl (C=O) groups is 1. The fourth-order valence-corrected chi connectivity index (χ4v) is 2.60. The Hall–Kier alpha value is -2.18. The maximum atomic E-state index is 12.2. The summed E-state index contributed by atoms with van der Waals surface area (Å²) in [6, 6.07) is 11.6. The SMILES string of the molecule is C[C@H](CNC(=O)c1cc(-c2ccccc2)no1)N1CCOCC1. The number of benzene rings is 1. The van der Waals surface area contributed by atoms with Crippen LogP contribution in [0.25, 0.3) is 11.3 Å². The van der Waals surface area contributed by atoms with Gasteiger partial charge in [0, 0.05) is 37.3 Å². The molecule has 6 nitrogen and oxygen atoms in total. The minimum atomic E-state index is -0.236. The molecule has 0 spiro atoms. The van der Waals surface area contributed by atoms with Crippen molar-refractivity contribution < 1.29 is 14.1 Å². The zero-order valence-electron chi connectivity index (χ0n) is 13.2. The number of nitrogens with one attached hydrogen (secondary N) is 1. The summed E-state index contributed by atoms with van der Waals surface area (Å²) in [4.78, 5) is 14.5. The van der Waals surface area contributed by atoms with Crippen molar-refractivity contribution in [1.29, 1.82) is 0 Å². The van der Waals surface area contributed by atoms with Crippen LogP contribution in [0.1, 0.15) is 17.5 Å². The Labute approximate surface area is 135 Å². The Kier molecular flexibility index (Phi) is 5.05. The standard InChI is InChI=1S/C17H21N3O3/c1-13(20-7-9-22-10-8-20)12-18-17(21)16-11-15(19-23-16)14-5-3-2-4-6-14/h2-6,11,13H,7-10,12H2,1H3,(H,18,21)/t13-/m1/s1. The van der Waals surface area contributed by atoms with Crippen molar-refractivity contribution in [3.05, 3.63) is 42.2 Å². The highest BCUT2D eigenvalue weighted by Gasteiger charge is 2.19. The number of hydrogen-bond donors (Lipinski definition) is 1. The number of ether oxygens (including phenoxy) is 1. The van der Waals surface area contributed by atoms with Crippen LogP contribution in [0.15, 0.2) is 40.9 Å². The largest absolute Gasteiger partial charge is 0.379 e. The van der Waals surface area contributed by atoms with Crippen LogP contribution in [0.3, 0.4) is 0 Å². The molecule has 1 saturated heterocycles. The van der Waals surface area contributed by atoms with E-state index in [1.807, 2.05) is 30.3 Å². The Morgan fingerprint density at radius 2 is 2.04 bits per heavy atom. The third kappa shape index (κ3) is 3.97. The molecule has 0 unspecified atom stereocenters. The zero-order chi connectivity index (χ0) is 16.1. The summed E-state index contributed by atoms with van der Waals surface area (Å²) in [7, 11) is 0. The fourth-order valence-electron chi connectivity index (χ4n) is 2.60. The van der Waals surface area contributed by atoms with Crippen molar-refractivity contribution in [2.45, 2.75) is 13.0 Å². The van der Waals surface area contributed by atoms with E-state index in [1.54, 1.807) is 6.07 Å². The maximum absolute atomic E-state index is 12.2. The van der Waals surface area contributed by atoms with Crippen LogP contribution in [0.2, 0.25) is 0 Å². The van der Waals surface area contributed by atoms with Crippen LogP contribution in [-0.4, -0.2) is 54.9 Å². The van der Waals surface area contributed by atoms with Gasteiger partial charge in [0.25, 0.3) is 5.91 Å². The third-order valence-electron chi connectivity index (χ3n) is 4.03. The van der Waals surface area contributed by atoms with Gasteiger partial charge >= 0.3 is 0 Å². The van der Waals surface area contributed by atoms with Gasteiger partial charge in [0.15, 0.2) is 0 Å². The van der Waals surface area contributed by atoms with Gasteiger partial charge in [0.1, 0.15) is 5.69 Å². The lowest BCUT2D eigenvalue weighted by Gasteiger charge is -2.32. The normalized spacial score (nSPS) is 16.9. The van der Waals surface area contributed by atoms with E-state index in [0.29, 0.717) is 12.2 Å². The summed E-state index contributed by atoms with van der Waals surface area (Å²) < 4.78 is 10.5. The molecule has 1 aliphatic heterocycles. The fraction of sp³-hybridized carbons (Fsp3) is 0.412. The number of carbonyl (C=O) groups excluding carboxylic acids is 1. The summed E-state index contributed by atoms with van der Waals surface area (Å²) >= 11 is 0. The molecule has 23 heavy (non-hydrogen) atoms. The molecule has 6 heteroatoms. The van der Waals surface area contributed by atoms with Crippen LogP contribution in [0.4, 0.5) is 0 Å². The summed E-state index contributed by atoms with van der Waals surface area (Å²) in [5.74, 6) is -0.00202. The molecular formula is C17H21N3O3. The van der Waals surface area contributed by atoms with Crippen molar-refractivity contribution in [2.24, 2.45) is 0 Å². The summed E-state index contributed by atoms with van der Waals surface area (Å²) in [6.45, 7) is 5.97. The van der Waals surface area contributed by atoms with E-state index in [9.17, 15) is 4.79 Å². The summed E-state index contributed by atoms with van der Waals surface area (Å²) in [6.07, 6.45) is 0. The highest BCUT2D eigenvalue weighted by Crippen LogP contribution is 2.18. The molecule has 1 N–H and O–H groups in total. The van der Waals surface area contributed by atoms with E-state index in [1.165, 1.54) is 0 Å². The quantitative estimate of drug-likeness (QED) is 0.911. The number of aromatic nitrogens is 1. The second kappa shape index (κ2) is 7.39. The smallest absolute Gasteiger partial charge is 0.289 e. The molecule has 2 heterocycles. The van der Waals surface area contributed by atoms with Crippen molar-refractivity contribution in [3.8, 4) is 11.3 Å². The summed E-state index contributed by atoms with van der Waals surface area (Å²) in [5, 5.41) is 6.87. The highest BCUT2D eigenvalue weighted by molar-refractivity contribution is 5.92. The Balaban J connectivity index is 1.55. The molecule has 0 saturated carbocycles. The van der Waals surface area contributed by atoms with Gasteiger partial charge in [0.05, 0.1) is 13.2 Å². The van der Waals surface area contributed by atoms with Crippen molar-refractivity contribution in [1.82, 2.24) is 15.4 Å². The van der Waals surface area contributed by atoms with Gasteiger partial charge in [0.2, 0.25) is 5.76 Å². The van der Waals surface area contributed by atoms with Crippen molar-refractivity contribution >= 4 is 5.91 Å². The van der Waals surface area contributed by atoms with Crippen LogP contribution < -0.4 is 5.32 Å². The average molecular weight is 315 g/mol. The van der Waals surface area contributed by atoms with E-state index in [-0.39, 0.29) is 17.7 Å². The van der Waals surface area contributed by atoms with E-state index in [0.717, 1.165) is 31.9 Å². The Bertz CT molecular complexity index is 636. The monoisotopic (exact) mass is 315 g/mol. The molecule has 0 radical (unpaired) electrons. The molecule has 3 rings (SSSR count). The second-order valence-corrected chi connectivity index (χ2v) is 5.65. The lowest BCUT2D eigenvalue weighted by molar-refractivity contribution is 0.0203. The topological polar surface area (TPSA) is 67.6 Å². The highest BCUT2D eigenvalue weighted by atomic mass is 16.5. The lowest BCUT2D eigenvalue weighted by Crippen LogP contribution is -2.47. The van der Waals surface area contributed by atoms with E-state index < -0.39 is 0 Å². The van der Waals surface area contributed by atoms with Gasteiger partial charge in [-0.1, -0.05) is 35.5 Å². The van der Waals surface area contributed by atoms with Gasteiger partial charge < -0.3 is 14.6 Å². The first kappa shape index (κ1) is 15.7. The molecule has 1 amide bonds. The van der Waals surface area contributed by atoms with Crippen LogP contribution >= 0.6 is 0 Å². The van der Waals surface area contributed by atoms with Crippen LogP contribution in [0.5, 0.6) is 0 Å². The molecule has 0 bridgehead atoms. The molecule has 1 aromatic heterocycles. The minimum Gasteiger partial charge on any atom is -0.379 e. The molecule has 0 aliphatic carbocycles. The summed E-state index contributed by atoms with van der Waals surface area (Å²) in [5.41, 5.74) is 1.59. The van der Waals surface area contributed by atoms with E-state index in [4.69, 9.17) is 9.26 Å². The molecule has 1 fully saturated rings. The van der Waals surface area contributed by atoms with Gasteiger partial charge in [-0.2, -0.15) is 0 Å². The van der Waals surface area contributed by atoms with E-state index in [2.05, 4.69) is 22.3 Å². The zero-order valence-corrected chi connectivity index (χ0v) is 13.2. The number of rotatable bonds is 5. The lowest BCUT2D eigenvalue weighted by atomic mass is 10.1. The molecule has 122 valence electrons. The number of hydrogen-bond acceptors (Lipinski definition) is 5. The third-order valence-corrected chi connectivity index (χ3v) is 4.03. The second-order valence-electron chi connectivity index (χ2n) is 5.65. The maximum Gasteiger partial charge on any atom is 0.289 e. The molecule has 1 aliphatic rings. The minimum absolute atomic E-state index is 0.234. The van der Waals surface area contributed by atoms with E-state index >= 15 is 0 Å². The number of nitrogens with zero attached hydrogens (tertiary/aromatic N) is 2. The molecule has 1 atom stereocenters. The molecular weight excluding hydrogens is 294 g/mol. The predicted molar refractivity (Wildman–Crippen MR) is 86.1 cm³/mol. The predicted octanol–water partition coefficient (Wildman–Crippen LogP) is 1.79. The number of morpholine rings is 1. The first-order chi connectivity index (χ1) is 11.2. The Morgan fingerprint density at radius 1 is 1.30 bits per heavy atom. The van der Waals surface area contributed by atoms with Gasteiger partial charge in [-0.3, -0.25) is 9.69 Å². The van der Waals surface area contributed by atoms with Crippen LogP contribution in [0, 0.1) is 0 Å². The molecule has 2 aromatic rings. The van der Waals surface area contributed by atoms with Gasteiger partial charge in [-0.05, 0) is 6.92 Å².